The van der Waals surface area contributed by atoms with E-state index < -0.39 is 80.0 Å². The van der Waals surface area contributed by atoms with Crippen molar-refractivity contribution >= 4 is 50.9 Å². The van der Waals surface area contributed by atoms with Crippen LogP contribution in [-0.4, -0.2) is 91.0 Å². The third kappa shape index (κ3) is 8.51. The molecule has 3 aliphatic rings. The molecule has 5 atom stereocenters. The van der Waals surface area contributed by atoms with Crippen LogP contribution in [0.15, 0.2) is 28.0 Å². The summed E-state index contributed by atoms with van der Waals surface area (Å²) in [5.74, 6) is -2.78. The third-order valence-electron chi connectivity index (χ3n) is 10.1. The lowest BCUT2D eigenvalue weighted by atomic mass is 9.63. The first-order valence-corrected chi connectivity index (χ1v) is 20.1. The van der Waals surface area contributed by atoms with Gasteiger partial charge in [-0.15, -0.1) is 11.3 Å². The summed E-state index contributed by atoms with van der Waals surface area (Å²) in [5.41, 5.74) is -0.809. The Bertz CT molecular complexity index is 1670. The van der Waals surface area contributed by atoms with Crippen LogP contribution in [0.3, 0.4) is 0 Å². The Morgan fingerprint density at radius 1 is 0.980 bits per heavy atom. The second-order valence-electron chi connectivity index (χ2n) is 16.7. The standard InChI is InChI=1S/C36H56N6O7S2/c1-11-13-14-22(28(43)31(45)37-12-2)38-30(44)27-26-21(17-36(26,9)10)18-42(27)32(46)29(35(6,7)8)40-33(47)39-25(34(3,4)5)20-41-19-23-24(15-16-50-23)51(41,48)49/h15-17,22,25-27,29H,11-14,18-20H2,1-10H3,(H,37,45)(H,38,44)(H2,39,40,47)/t22?,25-,26+,27+,29-/m1/s1. The van der Waals surface area contributed by atoms with Crippen molar-refractivity contribution in [1.29, 1.82) is 0 Å². The summed E-state index contributed by atoms with van der Waals surface area (Å²) in [5, 5.41) is 12.9. The van der Waals surface area contributed by atoms with Gasteiger partial charge in [0.2, 0.25) is 27.6 Å². The molecule has 0 spiro atoms. The number of fused-ring (bicyclic) bond motifs is 2. The van der Waals surface area contributed by atoms with Crippen molar-refractivity contribution in [3.05, 3.63) is 28.0 Å². The maximum atomic E-state index is 14.6. The molecule has 1 saturated heterocycles. The molecule has 2 aliphatic heterocycles. The number of unbranched alkanes of at least 4 members (excludes halogenated alkanes) is 1. The number of allylic oxidation sites excluding steroid dienone is 1. The lowest BCUT2D eigenvalue weighted by Gasteiger charge is -2.42. The smallest absolute Gasteiger partial charge is 0.315 e. The molecule has 0 saturated carbocycles. The predicted octanol–water partition coefficient (Wildman–Crippen LogP) is 3.55. The lowest BCUT2D eigenvalue weighted by Crippen LogP contribution is -2.62. The number of carbonyl (C=O) groups is 5. The van der Waals surface area contributed by atoms with E-state index in [0.717, 1.165) is 16.9 Å². The minimum atomic E-state index is -3.70. The Labute approximate surface area is 306 Å². The van der Waals surface area contributed by atoms with Crippen molar-refractivity contribution in [2.75, 3.05) is 19.6 Å². The van der Waals surface area contributed by atoms with Gasteiger partial charge in [0, 0.05) is 43.0 Å². The van der Waals surface area contributed by atoms with E-state index in [1.54, 1.807) is 18.4 Å². The quantitative estimate of drug-likeness (QED) is 0.176. The summed E-state index contributed by atoms with van der Waals surface area (Å²) in [6.45, 7) is 19.6. The number of rotatable bonds is 13. The van der Waals surface area contributed by atoms with Crippen molar-refractivity contribution in [3.63, 3.8) is 0 Å². The summed E-state index contributed by atoms with van der Waals surface area (Å²) in [7, 11) is -3.70. The number of carbonyl (C=O) groups excluding carboxylic acids is 5. The number of ketones is 1. The van der Waals surface area contributed by atoms with Gasteiger partial charge in [0.1, 0.15) is 12.1 Å². The van der Waals surface area contributed by atoms with Crippen LogP contribution in [-0.2, 0) is 35.7 Å². The molecule has 3 heterocycles. The summed E-state index contributed by atoms with van der Waals surface area (Å²) < 4.78 is 27.8. The fraction of sp³-hybridized carbons (Fsp3) is 0.694. The van der Waals surface area contributed by atoms with E-state index in [-0.39, 0.29) is 38.5 Å². The maximum absolute atomic E-state index is 14.6. The Balaban J connectivity index is 1.56. The van der Waals surface area contributed by atoms with E-state index in [9.17, 15) is 32.4 Å². The van der Waals surface area contributed by atoms with Crippen molar-refractivity contribution in [1.82, 2.24) is 30.5 Å². The number of amides is 5. The number of thiophene rings is 1. The van der Waals surface area contributed by atoms with Gasteiger partial charge in [-0.25, -0.2) is 13.2 Å². The predicted molar refractivity (Wildman–Crippen MR) is 196 cm³/mol. The van der Waals surface area contributed by atoms with Crippen LogP contribution in [0.4, 0.5) is 4.79 Å². The molecule has 5 amide bonds. The molecule has 1 aliphatic carbocycles. The molecule has 1 unspecified atom stereocenters. The highest BCUT2D eigenvalue weighted by molar-refractivity contribution is 7.89. The number of sulfonamides is 1. The van der Waals surface area contributed by atoms with Crippen LogP contribution in [0, 0.1) is 22.2 Å². The summed E-state index contributed by atoms with van der Waals surface area (Å²) >= 11 is 1.38. The van der Waals surface area contributed by atoms with E-state index in [1.165, 1.54) is 20.5 Å². The zero-order valence-corrected chi connectivity index (χ0v) is 33.3. The molecule has 51 heavy (non-hydrogen) atoms. The molecular weight excluding hydrogens is 693 g/mol. The van der Waals surface area contributed by atoms with Gasteiger partial charge in [-0.05, 0) is 46.6 Å². The second kappa shape index (κ2) is 15.0. The highest BCUT2D eigenvalue weighted by Crippen LogP contribution is 2.52. The topological polar surface area (TPSA) is 174 Å². The molecule has 15 heteroatoms. The first kappa shape index (κ1) is 40.5. The summed E-state index contributed by atoms with van der Waals surface area (Å²) in [6, 6.07) is -2.71. The lowest BCUT2D eigenvalue weighted by molar-refractivity contribution is -0.145. The Morgan fingerprint density at radius 2 is 1.65 bits per heavy atom. The van der Waals surface area contributed by atoms with E-state index >= 15 is 0 Å². The van der Waals surface area contributed by atoms with Gasteiger partial charge >= 0.3 is 6.03 Å². The number of hydrogen-bond acceptors (Lipinski definition) is 8. The highest BCUT2D eigenvalue weighted by Gasteiger charge is 2.57. The van der Waals surface area contributed by atoms with Crippen LogP contribution < -0.4 is 21.3 Å². The van der Waals surface area contributed by atoms with Gasteiger partial charge in [0.15, 0.2) is 0 Å². The first-order valence-electron chi connectivity index (χ1n) is 17.8. The number of likely N-dealkylation sites (N-methyl/N-ethyl adjacent to an activating group) is 1. The molecule has 0 radical (unpaired) electrons. The molecule has 1 aromatic heterocycles. The van der Waals surface area contributed by atoms with Gasteiger partial charge in [0.05, 0.1) is 10.9 Å². The average Bonchev–Trinajstić information content (AvgIpc) is 3.68. The monoisotopic (exact) mass is 748 g/mol. The Morgan fingerprint density at radius 3 is 2.20 bits per heavy atom. The minimum absolute atomic E-state index is 0.0439. The number of urea groups is 1. The molecule has 4 N–H and O–H groups in total. The van der Waals surface area contributed by atoms with Crippen molar-refractivity contribution < 1.29 is 32.4 Å². The summed E-state index contributed by atoms with van der Waals surface area (Å²) in [4.78, 5) is 70.6. The third-order valence-corrected chi connectivity index (χ3v) is 13.1. The van der Waals surface area contributed by atoms with Gasteiger partial charge in [-0.3, -0.25) is 19.2 Å². The van der Waals surface area contributed by atoms with E-state index in [0.29, 0.717) is 11.3 Å². The average molecular weight is 749 g/mol. The molecule has 1 aromatic rings. The second-order valence-corrected chi connectivity index (χ2v) is 19.6. The van der Waals surface area contributed by atoms with Gasteiger partial charge in [0.25, 0.3) is 5.91 Å². The number of hydrogen-bond donors (Lipinski definition) is 4. The molecule has 13 nitrogen and oxygen atoms in total. The molecule has 0 bridgehead atoms. The van der Waals surface area contributed by atoms with Crippen LogP contribution >= 0.6 is 11.3 Å². The van der Waals surface area contributed by atoms with Gasteiger partial charge in [-0.1, -0.05) is 81.2 Å². The highest BCUT2D eigenvalue weighted by atomic mass is 32.2. The zero-order valence-electron chi connectivity index (χ0n) is 31.6. The van der Waals surface area contributed by atoms with Gasteiger partial charge < -0.3 is 26.2 Å². The number of nitrogens with zero attached hydrogens (tertiary/aromatic N) is 2. The van der Waals surface area contributed by atoms with Crippen LogP contribution in [0.2, 0.25) is 0 Å². The normalized spacial score (nSPS) is 22.4. The molecule has 1 fully saturated rings. The SMILES string of the molecule is CCCCC(NC(=O)[C@@H]1[C@@H]2C(=CC2(C)C)CN1C(=O)[C@@H](NC(=O)N[C@H](CN1Cc2sccc2S1(=O)=O)C(C)(C)C)C(C)(C)C)C(=O)C(=O)NCC. The van der Waals surface area contributed by atoms with Crippen LogP contribution in [0.1, 0.15) is 93.4 Å². The first-order chi connectivity index (χ1) is 23.5. The van der Waals surface area contributed by atoms with Crippen LogP contribution in [0.25, 0.3) is 0 Å². The van der Waals surface area contributed by atoms with Gasteiger partial charge in [-0.2, -0.15) is 4.31 Å². The minimum Gasteiger partial charge on any atom is -0.350 e. The van der Waals surface area contributed by atoms with Crippen molar-refractivity contribution in [2.24, 2.45) is 22.2 Å². The van der Waals surface area contributed by atoms with E-state index in [2.05, 4.69) is 21.3 Å². The van der Waals surface area contributed by atoms with E-state index in [4.69, 9.17) is 0 Å². The summed E-state index contributed by atoms with van der Waals surface area (Å²) in [6.07, 6.45) is 3.70. The fourth-order valence-electron chi connectivity index (χ4n) is 7.22. The van der Waals surface area contributed by atoms with E-state index in [1.807, 2.05) is 68.4 Å². The molecule has 0 aromatic carbocycles. The largest absolute Gasteiger partial charge is 0.350 e. The maximum Gasteiger partial charge on any atom is 0.315 e. The van der Waals surface area contributed by atoms with Crippen molar-refractivity contribution in [3.8, 4) is 0 Å². The molecular formula is C36H56N6O7S2. The number of nitrogens with one attached hydrogen (secondary N) is 4. The number of Topliss-reactive ketones (excluding diaryl/α,β-unsaturated/α-hetero) is 1. The van der Waals surface area contributed by atoms with Crippen molar-refractivity contribution in [2.45, 2.75) is 124 Å². The van der Waals surface area contributed by atoms with Crippen LogP contribution in [0.5, 0.6) is 0 Å². The Hall–Kier alpha value is -3.30. The zero-order chi connectivity index (χ0) is 38.3. The number of likely N-dealkylation sites (tertiary alicyclic amines) is 1. The molecule has 4 rings (SSSR count). The molecule has 284 valence electrons. The Kier molecular flexibility index (Phi) is 11.9. The fourth-order valence-corrected chi connectivity index (χ4v) is 10.1.